The van der Waals surface area contributed by atoms with Gasteiger partial charge in [0.1, 0.15) is 0 Å². The molecule has 1 saturated heterocycles. The van der Waals surface area contributed by atoms with Gasteiger partial charge in [-0.3, -0.25) is 9.89 Å². The van der Waals surface area contributed by atoms with Gasteiger partial charge in [0.2, 0.25) is 10.0 Å². The average molecular weight is 438 g/mol. The third-order valence-electron chi connectivity index (χ3n) is 5.45. The normalized spacial score (nSPS) is 16.7. The molecule has 0 bridgehead atoms. The largest absolute Gasteiger partial charge is 0.355 e. The molecule has 170 valence electrons. The maximum absolute atomic E-state index is 12.3. The van der Waals surface area contributed by atoms with E-state index in [0.29, 0.717) is 6.54 Å². The second-order valence-corrected chi connectivity index (χ2v) is 10.7. The zero-order valence-corrected chi connectivity index (χ0v) is 20.0. The van der Waals surface area contributed by atoms with Crippen molar-refractivity contribution in [3.8, 4) is 0 Å². The van der Waals surface area contributed by atoms with Crippen LogP contribution in [0.3, 0.4) is 0 Å². The van der Waals surface area contributed by atoms with Crippen LogP contribution in [-0.2, 0) is 22.3 Å². The van der Waals surface area contributed by atoms with Gasteiger partial charge >= 0.3 is 0 Å². The quantitative estimate of drug-likeness (QED) is 0.408. The van der Waals surface area contributed by atoms with Crippen LogP contribution in [0.25, 0.3) is 0 Å². The highest BCUT2D eigenvalue weighted by molar-refractivity contribution is 7.88. The Morgan fingerprint density at radius 1 is 1.10 bits per heavy atom. The number of aliphatic imine (C=N–C) groups is 1. The first-order valence-electron chi connectivity index (χ1n) is 10.9. The smallest absolute Gasteiger partial charge is 0.216 e. The molecule has 7 nitrogen and oxygen atoms in total. The van der Waals surface area contributed by atoms with Gasteiger partial charge < -0.3 is 10.6 Å². The molecule has 0 radical (unpaired) electrons. The van der Waals surface area contributed by atoms with Gasteiger partial charge in [0.05, 0.1) is 5.75 Å². The number of piperidine rings is 1. The summed E-state index contributed by atoms with van der Waals surface area (Å²) < 4.78 is 27.3. The fraction of sp³-hybridized carbons (Fsp3) is 0.682. The first-order valence-corrected chi connectivity index (χ1v) is 12.5. The number of guanidine groups is 1. The van der Waals surface area contributed by atoms with Crippen LogP contribution in [0.4, 0.5) is 0 Å². The molecule has 0 unspecified atom stereocenters. The second kappa shape index (κ2) is 11.1. The Kier molecular flexibility index (Phi) is 9.12. The maximum atomic E-state index is 12.3. The van der Waals surface area contributed by atoms with Gasteiger partial charge in [0, 0.05) is 31.7 Å². The molecular weight excluding hydrogens is 398 g/mol. The molecule has 1 aromatic carbocycles. The summed E-state index contributed by atoms with van der Waals surface area (Å²) in [5.41, 5.74) is 1.79. The summed E-state index contributed by atoms with van der Waals surface area (Å²) in [6.45, 7) is 11.8. The molecule has 0 saturated carbocycles. The van der Waals surface area contributed by atoms with Gasteiger partial charge in [-0.1, -0.05) is 30.7 Å². The minimum absolute atomic E-state index is 0.0307. The van der Waals surface area contributed by atoms with Crippen molar-refractivity contribution in [2.45, 2.75) is 70.8 Å². The summed E-state index contributed by atoms with van der Waals surface area (Å²) in [5.74, 6) is 0.690. The van der Waals surface area contributed by atoms with E-state index in [1.807, 2.05) is 38.1 Å². The summed E-state index contributed by atoms with van der Waals surface area (Å²) in [5, 5.41) is 6.77. The van der Waals surface area contributed by atoms with E-state index in [1.165, 1.54) is 19.3 Å². The van der Waals surface area contributed by atoms with E-state index < -0.39 is 10.0 Å². The van der Waals surface area contributed by atoms with Crippen molar-refractivity contribution in [2.24, 2.45) is 4.99 Å². The summed E-state index contributed by atoms with van der Waals surface area (Å²) in [6.07, 6.45) is 3.86. The van der Waals surface area contributed by atoms with Crippen LogP contribution in [0.2, 0.25) is 0 Å². The Morgan fingerprint density at radius 2 is 1.73 bits per heavy atom. The molecule has 0 aliphatic carbocycles. The minimum Gasteiger partial charge on any atom is -0.355 e. The van der Waals surface area contributed by atoms with Gasteiger partial charge in [-0.05, 0) is 64.8 Å². The molecule has 1 aromatic rings. The third kappa shape index (κ3) is 7.89. The first-order chi connectivity index (χ1) is 14.1. The Hall–Kier alpha value is -1.64. The topological polar surface area (TPSA) is 85.8 Å². The summed E-state index contributed by atoms with van der Waals surface area (Å²) >= 11 is 0. The first kappa shape index (κ1) is 24.6. The van der Waals surface area contributed by atoms with Crippen LogP contribution in [0, 0.1) is 0 Å². The van der Waals surface area contributed by atoms with Crippen LogP contribution >= 0.6 is 0 Å². The van der Waals surface area contributed by atoms with Crippen LogP contribution in [0.15, 0.2) is 29.3 Å². The standard InChI is InChI=1S/C22H39N5O2S/c1-18(2)26-30(28,29)16-20-12-8-7-11-19(20)15-24-21(23-5)25-17-22(3,4)27-13-9-6-10-14-27/h7-8,11-12,18,26H,6,9-10,13-17H2,1-5H3,(H2,23,24,25). The molecule has 2 rings (SSSR count). The van der Waals surface area contributed by atoms with Crippen molar-refractivity contribution in [1.29, 1.82) is 0 Å². The summed E-state index contributed by atoms with van der Waals surface area (Å²) in [7, 11) is -1.62. The highest BCUT2D eigenvalue weighted by atomic mass is 32.2. The van der Waals surface area contributed by atoms with E-state index in [4.69, 9.17) is 0 Å². The van der Waals surface area contributed by atoms with E-state index in [1.54, 1.807) is 7.05 Å². The van der Waals surface area contributed by atoms with E-state index in [2.05, 4.69) is 39.1 Å². The van der Waals surface area contributed by atoms with Crippen molar-refractivity contribution in [2.75, 3.05) is 26.7 Å². The predicted molar refractivity (Wildman–Crippen MR) is 125 cm³/mol. The van der Waals surface area contributed by atoms with E-state index in [9.17, 15) is 8.42 Å². The van der Waals surface area contributed by atoms with Crippen LogP contribution in [0.5, 0.6) is 0 Å². The number of benzene rings is 1. The average Bonchev–Trinajstić information content (AvgIpc) is 2.68. The lowest BCUT2D eigenvalue weighted by Gasteiger charge is -2.41. The van der Waals surface area contributed by atoms with Crippen molar-refractivity contribution in [3.63, 3.8) is 0 Å². The number of hydrogen-bond acceptors (Lipinski definition) is 4. The summed E-state index contributed by atoms with van der Waals surface area (Å²) in [6, 6.07) is 7.51. The zero-order valence-electron chi connectivity index (χ0n) is 19.2. The monoisotopic (exact) mass is 437 g/mol. The Morgan fingerprint density at radius 3 is 2.33 bits per heavy atom. The Labute approximate surface area is 182 Å². The van der Waals surface area contributed by atoms with Crippen molar-refractivity contribution >= 4 is 16.0 Å². The molecule has 0 spiro atoms. The molecule has 1 aliphatic rings. The van der Waals surface area contributed by atoms with E-state index in [0.717, 1.165) is 36.7 Å². The minimum atomic E-state index is -3.37. The van der Waals surface area contributed by atoms with E-state index >= 15 is 0 Å². The predicted octanol–water partition coefficient (Wildman–Crippen LogP) is 2.44. The molecule has 1 heterocycles. The van der Waals surface area contributed by atoms with Crippen molar-refractivity contribution < 1.29 is 8.42 Å². The van der Waals surface area contributed by atoms with Gasteiger partial charge in [0.15, 0.2) is 5.96 Å². The lowest BCUT2D eigenvalue weighted by Crippen LogP contribution is -2.54. The zero-order chi connectivity index (χ0) is 22.2. The van der Waals surface area contributed by atoms with Crippen LogP contribution in [-0.4, -0.2) is 57.5 Å². The molecular formula is C22H39N5O2S. The molecule has 0 atom stereocenters. The summed E-state index contributed by atoms with van der Waals surface area (Å²) in [4.78, 5) is 6.88. The third-order valence-corrected chi connectivity index (χ3v) is 6.97. The SMILES string of the molecule is CN=C(NCc1ccccc1CS(=O)(=O)NC(C)C)NCC(C)(C)N1CCCCC1. The van der Waals surface area contributed by atoms with Crippen molar-refractivity contribution in [3.05, 3.63) is 35.4 Å². The van der Waals surface area contributed by atoms with E-state index in [-0.39, 0.29) is 17.3 Å². The molecule has 0 aromatic heterocycles. The van der Waals surface area contributed by atoms with Gasteiger partial charge in [-0.15, -0.1) is 0 Å². The number of sulfonamides is 1. The second-order valence-electron chi connectivity index (χ2n) is 8.94. The molecule has 3 N–H and O–H groups in total. The fourth-order valence-electron chi connectivity index (χ4n) is 3.79. The number of nitrogens with one attached hydrogen (secondary N) is 3. The molecule has 1 aliphatic heterocycles. The lowest BCUT2D eigenvalue weighted by atomic mass is 9.98. The highest BCUT2D eigenvalue weighted by Crippen LogP contribution is 2.19. The van der Waals surface area contributed by atoms with Crippen molar-refractivity contribution in [1.82, 2.24) is 20.3 Å². The number of rotatable bonds is 9. The van der Waals surface area contributed by atoms with Gasteiger partial charge in [-0.25, -0.2) is 13.1 Å². The molecule has 1 fully saturated rings. The number of hydrogen-bond donors (Lipinski definition) is 3. The number of nitrogens with zero attached hydrogens (tertiary/aromatic N) is 2. The van der Waals surface area contributed by atoms with Gasteiger partial charge in [-0.2, -0.15) is 0 Å². The fourth-order valence-corrected chi connectivity index (χ4v) is 5.28. The molecule has 8 heteroatoms. The van der Waals surface area contributed by atoms with Gasteiger partial charge in [0.25, 0.3) is 0 Å². The number of likely N-dealkylation sites (tertiary alicyclic amines) is 1. The maximum Gasteiger partial charge on any atom is 0.216 e. The van der Waals surface area contributed by atoms with Crippen LogP contribution in [0.1, 0.15) is 58.1 Å². The Balaban J connectivity index is 1.95. The lowest BCUT2D eigenvalue weighted by molar-refractivity contribution is 0.0982. The Bertz CT molecular complexity index is 800. The molecule has 30 heavy (non-hydrogen) atoms. The van der Waals surface area contributed by atoms with Crippen LogP contribution < -0.4 is 15.4 Å². The molecule has 0 amide bonds. The highest BCUT2D eigenvalue weighted by Gasteiger charge is 2.27.